The first-order chi connectivity index (χ1) is 9.02. The summed E-state index contributed by atoms with van der Waals surface area (Å²) < 4.78 is 0. The zero-order chi connectivity index (χ0) is 14.0. The fourth-order valence-corrected chi connectivity index (χ4v) is 2.75. The van der Waals surface area contributed by atoms with E-state index in [0.717, 1.165) is 31.9 Å². The van der Waals surface area contributed by atoms with Crippen LogP contribution in [0.25, 0.3) is 0 Å². The van der Waals surface area contributed by atoms with Crippen LogP contribution in [0.3, 0.4) is 0 Å². The van der Waals surface area contributed by atoms with Crippen LogP contribution in [0, 0.1) is 0 Å². The van der Waals surface area contributed by atoms with E-state index >= 15 is 0 Å². The van der Waals surface area contributed by atoms with E-state index in [0.29, 0.717) is 12.0 Å². The Balaban J connectivity index is 2.21. The molecule has 0 amide bonds. The Labute approximate surface area is 117 Å². The molecule has 2 heterocycles. The van der Waals surface area contributed by atoms with E-state index in [4.69, 9.17) is 4.98 Å². The second-order valence-electron chi connectivity index (χ2n) is 6.03. The number of piperazine rings is 1. The summed E-state index contributed by atoms with van der Waals surface area (Å²) >= 11 is 0. The summed E-state index contributed by atoms with van der Waals surface area (Å²) in [6.07, 6.45) is 3.17. The second kappa shape index (κ2) is 5.91. The quantitative estimate of drug-likeness (QED) is 0.834. The topological polar surface area (TPSA) is 19.4 Å². The Morgan fingerprint density at radius 3 is 2.68 bits per heavy atom. The number of rotatable bonds is 3. The highest BCUT2D eigenvalue weighted by Gasteiger charge is 2.22. The number of anilines is 1. The number of pyridine rings is 1. The average Bonchev–Trinajstić information content (AvgIpc) is 2.41. The van der Waals surface area contributed by atoms with Gasteiger partial charge in [0.05, 0.1) is 0 Å². The van der Waals surface area contributed by atoms with Crippen molar-refractivity contribution in [1.29, 1.82) is 0 Å². The van der Waals surface area contributed by atoms with Crippen molar-refractivity contribution in [3.05, 3.63) is 23.4 Å². The Bertz CT molecular complexity index is 428. The van der Waals surface area contributed by atoms with Crippen molar-refractivity contribution in [2.75, 3.05) is 31.6 Å². The monoisotopic (exact) mass is 261 g/mol. The Hall–Kier alpha value is -1.09. The SMILES string of the molecule is CCc1cc(N2CCN(C)[C@@H](C)C2)ncc1C(C)C. The van der Waals surface area contributed by atoms with Crippen molar-refractivity contribution in [3.63, 3.8) is 0 Å². The van der Waals surface area contributed by atoms with Gasteiger partial charge in [0.15, 0.2) is 0 Å². The summed E-state index contributed by atoms with van der Waals surface area (Å²) in [5, 5.41) is 0. The van der Waals surface area contributed by atoms with Crippen LogP contribution < -0.4 is 4.90 Å². The molecule has 3 heteroatoms. The van der Waals surface area contributed by atoms with Gasteiger partial charge < -0.3 is 9.80 Å². The zero-order valence-corrected chi connectivity index (χ0v) is 13.0. The van der Waals surface area contributed by atoms with Gasteiger partial charge in [-0.25, -0.2) is 4.98 Å². The molecule has 0 bridgehead atoms. The van der Waals surface area contributed by atoms with Gasteiger partial charge in [0, 0.05) is 31.9 Å². The van der Waals surface area contributed by atoms with Gasteiger partial charge in [-0.1, -0.05) is 20.8 Å². The minimum atomic E-state index is 0.558. The molecule has 1 aromatic heterocycles. The molecule has 0 saturated carbocycles. The molecule has 106 valence electrons. The van der Waals surface area contributed by atoms with E-state index in [9.17, 15) is 0 Å². The molecule has 1 saturated heterocycles. The minimum absolute atomic E-state index is 0.558. The van der Waals surface area contributed by atoms with Crippen LogP contribution >= 0.6 is 0 Å². The maximum atomic E-state index is 4.70. The van der Waals surface area contributed by atoms with Crippen molar-refractivity contribution in [2.45, 2.75) is 46.1 Å². The third-order valence-corrected chi connectivity index (χ3v) is 4.30. The van der Waals surface area contributed by atoms with E-state index in [1.165, 1.54) is 11.1 Å². The molecule has 1 aliphatic rings. The maximum absolute atomic E-state index is 4.70. The molecule has 1 fully saturated rings. The molecule has 0 unspecified atom stereocenters. The van der Waals surface area contributed by atoms with Gasteiger partial charge in [-0.05, 0) is 43.5 Å². The minimum Gasteiger partial charge on any atom is -0.354 e. The smallest absolute Gasteiger partial charge is 0.128 e. The molecule has 1 aromatic rings. The first kappa shape index (κ1) is 14.3. The molecule has 2 rings (SSSR count). The first-order valence-corrected chi connectivity index (χ1v) is 7.47. The van der Waals surface area contributed by atoms with Gasteiger partial charge >= 0.3 is 0 Å². The highest BCUT2D eigenvalue weighted by molar-refractivity contribution is 5.45. The number of likely N-dealkylation sites (N-methyl/N-ethyl adjacent to an activating group) is 1. The lowest BCUT2D eigenvalue weighted by Gasteiger charge is -2.38. The van der Waals surface area contributed by atoms with Gasteiger partial charge in [-0.2, -0.15) is 0 Å². The van der Waals surface area contributed by atoms with Gasteiger partial charge in [-0.3, -0.25) is 0 Å². The lowest BCUT2D eigenvalue weighted by atomic mass is 9.98. The highest BCUT2D eigenvalue weighted by Crippen LogP contribution is 2.24. The van der Waals surface area contributed by atoms with E-state index in [1.807, 2.05) is 0 Å². The number of aryl methyl sites for hydroxylation is 1. The van der Waals surface area contributed by atoms with Crippen LogP contribution in [0.2, 0.25) is 0 Å². The number of nitrogens with zero attached hydrogens (tertiary/aromatic N) is 3. The van der Waals surface area contributed by atoms with Crippen molar-refractivity contribution in [3.8, 4) is 0 Å². The molecule has 1 atom stereocenters. The molecule has 3 nitrogen and oxygen atoms in total. The van der Waals surface area contributed by atoms with Crippen LogP contribution in [-0.2, 0) is 6.42 Å². The molecular formula is C16H27N3. The maximum Gasteiger partial charge on any atom is 0.128 e. The molecule has 1 aliphatic heterocycles. The lowest BCUT2D eigenvalue weighted by molar-refractivity contribution is 0.233. The molecule has 19 heavy (non-hydrogen) atoms. The van der Waals surface area contributed by atoms with Crippen molar-refractivity contribution in [1.82, 2.24) is 9.88 Å². The fraction of sp³-hybridized carbons (Fsp3) is 0.688. The fourth-order valence-electron chi connectivity index (χ4n) is 2.75. The summed E-state index contributed by atoms with van der Waals surface area (Å²) in [7, 11) is 2.20. The normalized spacial score (nSPS) is 21.2. The zero-order valence-electron chi connectivity index (χ0n) is 13.0. The third kappa shape index (κ3) is 3.08. The van der Waals surface area contributed by atoms with Gasteiger partial charge in [0.25, 0.3) is 0 Å². The van der Waals surface area contributed by atoms with E-state index in [2.05, 4.69) is 56.8 Å². The summed E-state index contributed by atoms with van der Waals surface area (Å²) in [6, 6.07) is 2.90. The van der Waals surface area contributed by atoms with Gasteiger partial charge in [-0.15, -0.1) is 0 Å². The standard InChI is InChI=1S/C16H27N3/c1-6-14-9-16(17-10-15(14)12(2)3)19-8-7-18(5)13(4)11-19/h9-10,12-13H,6-8,11H2,1-5H3/t13-/m0/s1. The predicted molar refractivity (Wildman–Crippen MR) is 82.0 cm³/mol. The molecule has 0 spiro atoms. The first-order valence-electron chi connectivity index (χ1n) is 7.47. The van der Waals surface area contributed by atoms with Crippen molar-refractivity contribution in [2.24, 2.45) is 0 Å². The van der Waals surface area contributed by atoms with E-state index < -0.39 is 0 Å². The van der Waals surface area contributed by atoms with Crippen LogP contribution in [0.5, 0.6) is 0 Å². The molecule has 0 aromatic carbocycles. The number of hydrogen-bond acceptors (Lipinski definition) is 3. The Kier molecular flexibility index (Phi) is 4.46. The molecular weight excluding hydrogens is 234 g/mol. The lowest BCUT2D eigenvalue weighted by Crippen LogP contribution is -2.50. The molecule has 0 aliphatic carbocycles. The van der Waals surface area contributed by atoms with Crippen LogP contribution in [0.1, 0.15) is 44.7 Å². The van der Waals surface area contributed by atoms with E-state index in [1.54, 1.807) is 0 Å². The molecule has 0 radical (unpaired) electrons. The average molecular weight is 261 g/mol. The van der Waals surface area contributed by atoms with Gasteiger partial charge in [0.1, 0.15) is 5.82 Å². The van der Waals surface area contributed by atoms with E-state index in [-0.39, 0.29) is 0 Å². The predicted octanol–water partition coefficient (Wildman–Crippen LogP) is 2.91. The van der Waals surface area contributed by atoms with Crippen LogP contribution in [-0.4, -0.2) is 42.6 Å². The largest absolute Gasteiger partial charge is 0.354 e. The highest BCUT2D eigenvalue weighted by atomic mass is 15.3. The van der Waals surface area contributed by atoms with Crippen LogP contribution in [0.4, 0.5) is 5.82 Å². The summed E-state index contributed by atoms with van der Waals surface area (Å²) in [4.78, 5) is 9.54. The second-order valence-corrected chi connectivity index (χ2v) is 6.03. The third-order valence-electron chi connectivity index (χ3n) is 4.30. The molecule has 0 N–H and O–H groups in total. The Morgan fingerprint density at radius 1 is 1.37 bits per heavy atom. The summed E-state index contributed by atoms with van der Waals surface area (Å²) in [5.74, 6) is 1.71. The van der Waals surface area contributed by atoms with Crippen LogP contribution in [0.15, 0.2) is 12.3 Å². The Morgan fingerprint density at radius 2 is 2.11 bits per heavy atom. The van der Waals surface area contributed by atoms with Crippen molar-refractivity contribution >= 4 is 5.82 Å². The van der Waals surface area contributed by atoms with Crippen molar-refractivity contribution < 1.29 is 0 Å². The van der Waals surface area contributed by atoms with Gasteiger partial charge in [0.2, 0.25) is 0 Å². The summed E-state index contributed by atoms with van der Waals surface area (Å²) in [6.45, 7) is 12.3. The number of hydrogen-bond donors (Lipinski definition) is 0. The number of aromatic nitrogens is 1. The summed E-state index contributed by atoms with van der Waals surface area (Å²) in [5.41, 5.74) is 2.85.